The second kappa shape index (κ2) is 3.84. The molecule has 1 fully saturated rings. The van der Waals surface area contributed by atoms with Gasteiger partial charge in [0.25, 0.3) is 0 Å². The van der Waals surface area contributed by atoms with E-state index in [1.807, 2.05) is 27.7 Å². The third-order valence-corrected chi connectivity index (χ3v) is 3.13. The first-order chi connectivity index (χ1) is 6.34. The van der Waals surface area contributed by atoms with E-state index in [9.17, 15) is 9.59 Å². The van der Waals surface area contributed by atoms with Gasteiger partial charge in [0, 0.05) is 23.7 Å². The summed E-state index contributed by atoms with van der Waals surface area (Å²) in [6, 6.07) is 0. The first-order valence-electron chi connectivity index (χ1n) is 5.41. The molecule has 1 rings (SSSR count). The molecule has 0 heterocycles. The molecule has 0 saturated heterocycles. The van der Waals surface area contributed by atoms with Crippen molar-refractivity contribution in [2.45, 2.75) is 47.0 Å². The number of Topliss-reactive ketones (excluding diaryl/α,β-unsaturated/α-hetero) is 2. The molecule has 0 aromatic heterocycles. The first kappa shape index (κ1) is 11.4. The number of rotatable bonds is 1. The van der Waals surface area contributed by atoms with Crippen LogP contribution in [0.25, 0.3) is 0 Å². The lowest BCUT2D eigenvalue weighted by atomic mass is 9.71. The maximum atomic E-state index is 12.0. The topological polar surface area (TPSA) is 34.1 Å². The zero-order chi connectivity index (χ0) is 10.9. The molecule has 0 N–H and O–H groups in total. The van der Waals surface area contributed by atoms with Gasteiger partial charge in [-0.25, -0.2) is 0 Å². The van der Waals surface area contributed by atoms with Crippen LogP contribution in [0.15, 0.2) is 0 Å². The lowest BCUT2D eigenvalue weighted by Crippen LogP contribution is -2.37. The molecule has 0 spiro atoms. The lowest BCUT2D eigenvalue weighted by molar-refractivity contribution is -0.139. The van der Waals surface area contributed by atoms with Gasteiger partial charge < -0.3 is 0 Å². The van der Waals surface area contributed by atoms with Crippen LogP contribution in [0.1, 0.15) is 47.0 Å². The number of hydrogen-bond donors (Lipinski definition) is 0. The van der Waals surface area contributed by atoms with Crippen molar-refractivity contribution in [2.75, 3.05) is 0 Å². The highest BCUT2D eigenvalue weighted by Gasteiger charge is 2.37. The second-order valence-corrected chi connectivity index (χ2v) is 5.37. The van der Waals surface area contributed by atoms with E-state index >= 15 is 0 Å². The van der Waals surface area contributed by atoms with E-state index in [1.54, 1.807) is 0 Å². The summed E-state index contributed by atoms with van der Waals surface area (Å²) in [6.45, 7) is 7.69. The van der Waals surface area contributed by atoms with E-state index in [-0.39, 0.29) is 28.8 Å². The zero-order valence-electron chi connectivity index (χ0n) is 9.59. The summed E-state index contributed by atoms with van der Waals surface area (Å²) in [5.41, 5.74) is -0.309. The average molecular weight is 196 g/mol. The molecule has 80 valence electrons. The van der Waals surface area contributed by atoms with Crippen LogP contribution in [-0.4, -0.2) is 11.6 Å². The highest BCUT2D eigenvalue weighted by atomic mass is 16.1. The predicted molar refractivity (Wildman–Crippen MR) is 56.0 cm³/mol. The van der Waals surface area contributed by atoms with Crippen molar-refractivity contribution in [1.29, 1.82) is 0 Å². The highest BCUT2D eigenvalue weighted by Crippen LogP contribution is 2.33. The third kappa shape index (κ3) is 2.23. The summed E-state index contributed by atoms with van der Waals surface area (Å²) in [5.74, 6) is 0.420. The third-order valence-electron chi connectivity index (χ3n) is 3.13. The van der Waals surface area contributed by atoms with Crippen LogP contribution >= 0.6 is 0 Å². The summed E-state index contributed by atoms with van der Waals surface area (Å²) < 4.78 is 0. The maximum Gasteiger partial charge on any atom is 0.141 e. The van der Waals surface area contributed by atoms with Crippen LogP contribution in [0.4, 0.5) is 0 Å². The minimum absolute atomic E-state index is 0.0313. The standard InChI is InChI=1S/C12H20O2/c1-8-9(6-5-7-10(8)13)11(14)12(2,3)4/h8-9H,5-7H2,1-4H3. The molecule has 2 unspecified atom stereocenters. The molecular weight excluding hydrogens is 176 g/mol. The van der Waals surface area contributed by atoms with E-state index in [4.69, 9.17) is 0 Å². The Bertz CT molecular complexity index is 248. The van der Waals surface area contributed by atoms with Crippen molar-refractivity contribution in [2.24, 2.45) is 17.3 Å². The number of carbonyl (C=O) groups is 2. The van der Waals surface area contributed by atoms with Crippen LogP contribution in [0.3, 0.4) is 0 Å². The van der Waals surface area contributed by atoms with E-state index in [0.29, 0.717) is 6.42 Å². The Kier molecular flexibility index (Phi) is 3.13. The zero-order valence-corrected chi connectivity index (χ0v) is 9.59. The van der Waals surface area contributed by atoms with Gasteiger partial charge in [0.15, 0.2) is 0 Å². The molecule has 0 radical (unpaired) electrons. The van der Waals surface area contributed by atoms with Crippen LogP contribution in [0.5, 0.6) is 0 Å². The van der Waals surface area contributed by atoms with Gasteiger partial charge in [-0.15, -0.1) is 0 Å². The molecule has 0 aromatic carbocycles. The molecular formula is C12H20O2. The van der Waals surface area contributed by atoms with Gasteiger partial charge in [0.2, 0.25) is 0 Å². The van der Waals surface area contributed by atoms with Crippen LogP contribution in [0, 0.1) is 17.3 Å². The van der Waals surface area contributed by atoms with Crippen molar-refractivity contribution in [1.82, 2.24) is 0 Å². The Balaban J connectivity index is 2.77. The van der Waals surface area contributed by atoms with Crippen molar-refractivity contribution in [3.05, 3.63) is 0 Å². The van der Waals surface area contributed by atoms with E-state index in [2.05, 4.69) is 0 Å². The Morgan fingerprint density at radius 3 is 2.43 bits per heavy atom. The van der Waals surface area contributed by atoms with Crippen molar-refractivity contribution < 1.29 is 9.59 Å². The molecule has 0 aromatic rings. The van der Waals surface area contributed by atoms with Gasteiger partial charge in [0.05, 0.1) is 0 Å². The van der Waals surface area contributed by atoms with Crippen LogP contribution in [0.2, 0.25) is 0 Å². The molecule has 0 aliphatic heterocycles. The van der Waals surface area contributed by atoms with Gasteiger partial charge in [-0.2, -0.15) is 0 Å². The van der Waals surface area contributed by atoms with Gasteiger partial charge in [-0.05, 0) is 12.8 Å². The fourth-order valence-electron chi connectivity index (χ4n) is 2.11. The Labute approximate surface area is 86.1 Å². The number of ketones is 2. The molecule has 1 saturated carbocycles. The summed E-state index contributed by atoms with van der Waals surface area (Å²) in [7, 11) is 0. The lowest BCUT2D eigenvalue weighted by Gasteiger charge is -2.31. The minimum Gasteiger partial charge on any atom is -0.299 e. The largest absolute Gasteiger partial charge is 0.299 e. The summed E-state index contributed by atoms with van der Waals surface area (Å²) in [4.78, 5) is 23.5. The Hall–Kier alpha value is -0.660. The summed E-state index contributed by atoms with van der Waals surface area (Å²) in [5, 5.41) is 0. The van der Waals surface area contributed by atoms with Crippen molar-refractivity contribution in [3.8, 4) is 0 Å². The van der Waals surface area contributed by atoms with E-state index in [0.717, 1.165) is 12.8 Å². The summed E-state index contributed by atoms with van der Waals surface area (Å²) in [6.07, 6.45) is 2.44. The van der Waals surface area contributed by atoms with Crippen LogP contribution in [-0.2, 0) is 9.59 Å². The number of carbonyl (C=O) groups excluding carboxylic acids is 2. The number of hydrogen-bond acceptors (Lipinski definition) is 2. The van der Waals surface area contributed by atoms with Gasteiger partial charge in [-0.1, -0.05) is 27.7 Å². The van der Waals surface area contributed by atoms with Gasteiger partial charge >= 0.3 is 0 Å². The molecule has 14 heavy (non-hydrogen) atoms. The van der Waals surface area contributed by atoms with Crippen molar-refractivity contribution >= 4 is 11.6 Å². The second-order valence-electron chi connectivity index (χ2n) is 5.37. The fraction of sp³-hybridized carbons (Fsp3) is 0.833. The SMILES string of the molecule is CC1C(=O)CCCC1C(=O)C(C)(C)C. The monoisotopic (exact) mass is 196 g/mol. The van der Waals surface area contributed by atoms with Crippen molar-refractivity contribution in [3.63, 3.8) is 0 Å². The molecule has 0 amide bonds. The molecule has 2 heteroatoms. The smallest absolute Gasteiger partial charge is 0.141 e. The highest BCUT2D eigenvalue weighted by molar-refractivity contribution is 5.93. The molecule has 2 atom stereocenters. The minimum atomic E-state index is -0.309. The van der Waals surface area contributed by atoms with Gasteiger partial charge in [-0.3, -0.25) is 9.59 Å². The average Bonchev–Trinajstić information content (AvgIpc) is 2.07. The van der Waals surface area contributed by atoms with Crippen LogP contribution < -0.4 is 0 Å². The molecule has 2 nitrogen and oxygen atoms in total. The Morgan fingerprint density at radius 2 is 1.93 bits per heavy atom. The normalized spacial score (nSPS) is 29.0. The van der Waals surface area contributed by atoms with E-state index < -0.39 is 0 Å². The van der Waals surface area contributed by atoms with Gasteiger partial charge in [0.1, 0.15) is 11.6 Å². The predicted octanol–water partition coefficient (Wildman–Crippen LogP) is 2.61. The summed E-state index contributed by atoms with van der Waals surface area (Å²) >= 11 is 0. The fourth-order valence-corrected chi connectivity index (χ4v) is 2.11. The molecule has 1 aliphatic carbocycles. The molecule has 0 bridgehead atoms. The first-order valence-corrected chi connectivity index (χ1v) is 5.41. The Morgan fingerprint density at radius 1 is 1.36 bits per heavy atom. The molecule has 1 aliphatic rings. The quantitative estimate of drug-likeness (QED) is 0.646. The van der Waals surface area contributed by atoms with E-state index in [1.165, 1.54) is 0 Å². The maximum absolute atomic E-state index is 12.0.